The number of Topliss-reactive ketones (excluding diaryl/α,β-unsaturated/α-hetero) is 1. The standard InChI is InChI=1S/C22H30O8/c1-13-17(25)18(26)20(11-29-14(2)23)21(12-30-21)16(24)5-8-22(20,27)19(13,3)7-4-15-6-9-28-10-15/h6,9-10,13,16,18,24,26-27H,4-5,7-8,11-12H2,1-3H3/t13-,16-,18-,19-,20-,21+,22-/m0/s1. The van der Waals surface area contributed by atoms with Gasteiger partial charge in [-0.05, 0) is 37.3 Å². The smallest absolute Gasteiger partial charge is 0.302 e. The average molecular weight is 422 g/mol. The third kappa shape index (κ3) is 2.54. The van der Waals surface area contributed by atoms with E-state index in [1.54, 1.807) is 19.5 Å². The van der Waals surface area contributed by atoms with E-state index in [0.717, 1.165) is 5.56 Å². The van der Waals surface area contributed by atoms with E-state index in [1.807, 2.05) is 13.0 Å². The number of carbonyl (C=O) groups is 2. The van der Waals surface area contributed by atoms with Crippen LogP contribution in [0, 0.1) is 16.7 Å². The van der Waals surface area contributed by atoms with Crippen molar-refractivity contribution in [3.8, 4) is 0 Å². The summed E-state index contributed by atoms with van der Waals surface area (Å²) in [5.74, 6) is -1.69. The number of furan rings is 1. The molecule has 1 aromatic heterocycles. The van der Waals surface area contributed by atoms with Gasteiger partial charge >= 0.3 is 5.97 Å². The fraction of sp³-hybridized carbons (Fsp3) is 0.727. The maximum absolute atomic E-state index is 13.3. The van der Waals surface area contributed by atoms with Crippen LogP contribution in [0.4, 0.5) is 0 Å². The second-order valence-electron chi connectivity index (χ2n) is 9.42. The van der Waals surface area contributed by atoms with Gasteiger partial charge in [0.05, 0.1) is 30.8 Å². The summed E-state index contributed by atoms with van der Waals surface area (Å²) in [4.78, 5) is 25.0. The highest BCUT2D eigenvalue weighted by Crippen LogP contribution is 2.69. The van der Waals surface area contributed by atoms with Crippen LogP contribution in [0.25, 0.3) is 0 Å². The monoisotopic (exact) mass is 422 g/mol. The van der Waals surface area contributed by atoms with Gasteiger partial charge in [-0.3, -0.25) is 9.59 Å². The Bertz CT molecular complexity index is 830. The molecule has 1 saturated heterocycles. The SMILES string of the molecule is CC(=O)OC[C@@]12[C@@H](O)C(=O)[C@H](C)[C@](C)(CCc3ccoc3)[C@@]1(O)CC[C@H](O)[C@]21CO1. The molecule has 0 radical (unpaired) electrons. The first-order chi connectivity index (χ1) is 14.1. The van der Waals surface area contributed by atoms with Gasteiger partial charge in [0.2, 0.25) is 0 Å². The Kier molecular flexibility index (Phi) is 4.93. The zero-order chi connectivity index (χ0) is 21.9. The third-order valence-corrected chi connectivity index (χ3v) is 8.35. The number of carbonyl (C=O) groups excluding carboxylic acids is 2. The Hall–Kier alpha value is -1.74. The molecule has 1 aliphatic heterocycles. The van der Waals surface area contributed by atoms with Crippen molar-refractivity contribution in [2.24, 2.45) is 16.7 Å². The van der Waals surface area contributed by atoms with Crippen LogP contribution in [0.3, 0.4) is 0 Å². The van der Waals surface area contributed by atoms with Gasteiger partial charge in [0.15, 0.2) is 5.78 Å². The number of ketones is 1. The molecule has 8 nitrogen and oxygen atoms in total. The molecular formula is C22H30O8. The maximum Gasteiger partial charge on any atom is 0.302 e. The first-order valence-electron chi connectivity index (χ1n) is 10.5. The summed E-state index contributed by atoms with van der Waals surface area (Å²) >= 11 is 0. The summed E-state index contributed by atoms with van der Waals surface area (Å²) in [6, 6.07) is 1.83. The van der Waals surface area contributed by atoms with Crippen LogP contribution >= 0.6 is 0 Å². The molecule has 8 heteroatoms. The molecule has 30 heavy (non-hydrogen) atoms. The van der Waals surface area contributed by atoms with Crippen LogP contribution in [-0.2, 0) is 25.5 Å². The largest absolute Gasteiger partial charge is 0.472 e. The molecule has 2 heterocycles. The van der Waals surface area contributed by atoms with Crippen LogP contribution in [0.5, 0.6) is 0 Å². The van der Waals surface area contributed by atoms with Crippen molar-refractivity contribution in [3.63, 3.8) is 0 Å². The number of aryl methyl sites for hydroxylation is 1. The van der Waals surface area contributed by atoms with Gasteiger partial charge < -0.3 is 29.2 Å². The number of esters is 1. The van der Waals surface area contributed by atoms with Crippen LogP contribution in [0.2, 0.25) is 0 Å². The Morgan fingerprint density at radius 2 is 2.07 bits per heavy atom. The summed E-state index contributed by atoms with van der Waals surface area (Å²) in [7, 11) is 0. The number of epoxide rings is 1. The van der Waals surface area contributed by atoms with Crippen molar-refractivity contribution < 1.29 is 38.8 Å². The van der Waals surface area contributed by atoms with E-state index in [2.05, 4.69) is 0 Å². The minimum atomic E-state index is -1.65. The van der Waals surface area contributed by atoms with E-state index in [-0.39, 0.29) is 19.4 Å². The van der Waals surface area contributed by atoms with Crippen LogP contribution in [0.1, 0.15) is 45.6 Å². The summed E-state index contributed by atoms with van der Waals surface area (Å²) in [6.45, 7) is 4.47. The molecule has 0 aromatic carbocycles. The summed E-state index contributed by atoms with van der Waals surface area (Å²) in [5, 5.41) is 34.4. The van der Waals surface area contributed by atoms with E-state index in [1.165, 1.54) is 6.92 Å². The van der Waals surface area contributed by atoms with Gasteiger partial charge in [-0.2, -0.15) is 0 Å². The molecule has 3 aliphatic rings. The molecular weight excluding hydrogens is 392 g/mol. The topological polar surface area (TPSA) is 130 Å². The number of fused-ring (bicyclic) bond motifs is 2. The number of rotatable bonds is 5. The zero-order valence-corrected chi connectivity index (χ0v) is 17.6. The normalized spacial score (nSPS) is 45.3. The predicted molar refractivity (Wildman–Crippen MR) is 103 cm³/mol. The lowest BCUT2D eigenvalue weighted by Crippen LogP contribution is -2.81. The molecule has 0 amide bonds. The minimum absolute atomic E-state index is 0.0777. The molecule has 1 aromatic rings. The minimum Gasteiger partial charge on any atom is -0.472 e. The number of hydrogen-bond acceptors (Lipinski definition) is 8. The van der Waals surface area contributed by atoms with E-state index in [0.29, 0.717) is 12.8 Å². The average Bonchev–Trinajstić information content (AvgIpc) is 3.34. The quantitative estimate of drug-likeness (QED) is 0.473. The van der Waals surface area contributed by atoms with Crippen molar-refractivity contribution in [1.82, 2.24) is 0 Å². The summed E-state index contributed by atoms with van der Waals surface area (Å²) in [5.41, 5.74) is -4.62. The molecule has 4 rings (SSSR count). The maximum atomic E-state index is 13.3. The number of aliphatic hydroxyl groups excluding tert-OH is 2. The van der Waals surface area contributed by atoms with Gasteiger partial charge in [-0.15, -0.1) is 0 Å². The third-order valence-electron chi connectivity index (χ3n) is 8.35. The first-order valence-corrected chi connectivity index (χ1v) is 10.5. The van der Waals surface area contributed by atoms with E-state index in [4.69, 9.17) is 13.9 Å². The fourth-order valence-electron chi connectivity index (χ4n) is 6.18. The van der Waals surface area contributed by atoms with E-state index >= 15 is 0 Å². The summed E-state index contributed by atoms with van der Waals surface area (Å²) < 4.78 is 16.1. The first kappa shape index (κ1) is 21.5. The van der Waals surface area contributed by atoms with Crippen LogP contribution in [0.15, 0.2) is 23.0 Å². The Morgan fingerprint density at radius 1 is 1.37 bits per heavy atom. The second-order valence-corrected chi connectivity index (χ2v) is 9.42. The van der Waals surface area contributed by atoms with Crippen molar-refractivity contribution >= 4 is 11.8 Å². The number of hydrogen-bond donors (Lipinski definition) is 3. The van der Waals surface area contributed by atoms with Crippen molar-refractivity contribution in [2.45, 2.75) is 69.9 Å². The Labute approximate surface area is 175 Å². The number of ether oxygens (including phenoxy) is 2. The fourth-order valence-corrected chi connectivity index (χ4v) is 6.18. The van der Waals surface area contributed by atoms with Gasteiger partial charge in [0.1, 0.15) is 23.7 Å². The molecule has 3 N–H and O–H groups in total. The van der Waals surface area contributed by atoms with E-state index < -0.39 is 58.5 Å². The molecule has 2 saturated carbocycles. The lowest BCUT2D eigenvalue weighted by molar-refractivity contribution is -0.304. The Balaban J connectivity index is 1.84. The predicted octanol–water partition coefficient (Wildman–Crippen LogP) is 1.00. The second kappa shape index (κ2) is 6.88. The van der Waals surface area contributed by atoms with E-state index in [9.17, 15) is 24.9 Å². The Morgan fingerprint density at radius 3 is 2.63 bits per heavy atom. The number of aliphatic hydroxyl groups is 3. The lowest BCUT2D eigenvalue weighted by Gasteiger charge is -2.67. The van der Waals surface area contributed by atoms with Crippen molar-refractivity contribution in [2.75, 3.05) is 13.2 Å². The molecule has 1 spiro atoms. The van der Waals surface area contributed by atoms with Gasteiger partial charge in [-0.1, -0.05) is 13.8 Å². The molecule has 0 unspecified atom stereocenters. The highest BCUT2D eigenvalue weighted by Gasteiger charge is 2.84. The molecule has 0 bridgehead atoms. The van der Waals surface area contributed by atoms with Crippen molar-refractivity contribution in [3.05, 3.63) is 24.2 Å². The summed E-state index contributed by atoms with van der Waals surface area (Å²) in [6.07, 6.45) is 1.99. The molecule has 166 valence electrons. The van der Waals surface area contributed by atoms with Crippen LogP contribution in [-0.4, -0.2) is 63.7 Å². The zero-order valence-electron chi connectivity index (χ0n) is 17.6. The molecule has 2 aliphatic carbocycles. The van der Waals surface area contributed by atoms with Crippen molar-refractivity contribution in [1.29, 1.82) is 0 Å². The van der Waals surface area contributed by atoms with Gasteiger partial charge in [0.25, 0.3) is 0 Å². The highest BCUT2D eigenvalue weighted by atomic mass is 16.6. The highest BCUT2D eigenvalue weighted by molar-refractivity contribution is 5.89. The molecule has 7 atom stereocenters. The van der Waals surface area contributed by atoms with Gasteiger partial charge in [-0.25, -0.2) is 0 Å². The lowest BCUT2D eigenvalue weighted by atomic mass is 9.39. The molecule has 3 fully saturated rings. The van der Waals surface area contributed by atoms with Gasteiger partial charge in [0, 0.05) is 18.3 Å². The van der Waals surface area contributed by atoms with Crippen LogP contribution < -0.4 is 0 Å².